The van der Waals surface area contributed by atoms with Crippen LogP contribution in [0.3, 0.4) is 0 Å². The van der Waals surface area contributed by atoms with E-state index in [1.54, 1.807) is 24.3 Å². The lowest BCUT2D eigenvalue weighted by Crippen LogP contribution is -2.32. The maximum atomic E-state index is 12.3. The summed E-state index contributed by atoms with van der Waals surface area (Å²) in [7, 11) is 0. The van der Waals surface area contributed by atoms with Gasteiger partial charge in [0.1, 0.15) is 10.8 Å². The first kappa shape index (κ1) is 19.7. The van der Waals surface area contributed by atoms with Crippen LogP contribution >= 0.6 is 11.3 Å². The molecule has 0 saturated carbocycles. The van der Waals surface area contributed by atoms with E-state index in [1.165, 1.54) is 11.3 Å². The molecule has 0 radical (unpaired) electrons. The lowest BCUT2D eigenvalue weighted by molar-refractivity contribution is -0.116. The molecule has 0 fully saturated rings. The SMILES string of the molecule is O=C(CCN1C(=O)c2ccccc2C1=O)Nc1nnc(CCOc2ccccc2)s1. The molecule has 8 nitrogen and oxygen atoms in total. The second-order valence-electron chi connectivity index (χ2n) is 6.52. The van der Waals surface area contributed by atoms with Gasteiger partial charge in [-0.1, -0.05) is 41.7 Å². The maximum Gasteiger partial charge on any atom is 0.261 e. The monoisotopic (exact) mass is 422 g/mol. The van der Waals surface area contributed by atoms with E-state index in [0.29, 0.717) is 29.3 Å². The first-order chi connectivity index (χ1) is 14.6. The molecule has 9 heteroatoms. The summed E-state index contributed by atoms with van der Waals surface area (Å²) in [4.78, 5) is 38.0. The third-order valence-electron chi connectivity index (χ3n) is 4.48. The van der Waals surface area contributed by atoms with Crippen molar-refractivity contribution in [3.8, 4) is 5.75 Å². The molecule has 0 atom stereocenters. The predicted molar refractivity (Wildman–Crippen MR) is 111 cm³/mol. The number of anilines is 1. The number of fused-ring (bicyclic) bond motifs is 1. The van der Waals surface area contributed by atoms with E-state index < -0.39 is 0 Å². The molecule has 0 unspecified atom stereocenters. The molecule has 1 aromatic heterocycles. The van der Waals surface area contributed by atoms with Gasteiger partial charge in [0, 0.05) is 19.4 Å². The summed E-state index contributed by atoms with van der Waals surface area (Å²) in [6, 6.07) is 16.1. The van der Waals surface area contributed by atoms with Gasteiger partial charge in [-0.15, -0.1) is 10.2 Å². The van der Waals surface area contributed by atoms with Crippen molar-refractivity contribution < 1.29 is 19.1 Å². The summed E-state index contributed by atoms with van der Waals surface area (Å²) in [5.41, 5.74) is 0.740. The average molecular weight is 422 g/mol. The van der Waals surface area contributed by atoms with Gasteiger partial charge >= 0.3 is 0 Å². The summed E-state index contributed by atoms with van der Waals surface area (Å²) >= 11 is 1.26. The molecule has 152 valence electrons. The number of carbonyl (C=O) groups is 3. The van der Waals surface area contributed by atoms with Crippen LogP contribution in [-0.4, -0.2) is 46.0 Å². The number of benzene rings is 2. The number of aromatic nitrogens is 2. The van der Waals surface area contributed by atoms with Crippen LogP contribution in [0.4, 0.5) is 5.13 Å². The molecule has 4 rings (SSSR count). The number of para-hydroxylation sites is 1. The normalized spacial score (nSPS) is 12.7. The van der Waals surface area contributed by atoms with E-state index in [1.807, 2.05) is 30.3 Å². The molecule has 30 heavy (non-hydrogen) atoms. The molecule has 0 spiro atoms. The zero-order valence-electron chi connectivity index (χ0n) is 15.9. The average Bonchev–Trinajstić information content (AvgIpc) is 3.30. The van der Waals surface area contributed by atoms with E-state index in [-0.39, 0.29) is 30.7 Å². The summed E-state index contributed by atoms with van der Waals surface area (Å²) in [6.07, 6.45) is 0.551. The fourth-order valence-electron chi connectivity index (χ4n) is 3.02. The van der Waals surface area contributed by atoms with Gasteiger partial charge in [0.05, 0.1) is 17.7 Å². The summed E-state index contributed by atoms with van der Waals surface area (Å²) in [5, 5.41) is 11.8. The van der Waals surface area contributed by atoms with E-state index in [9.17, 15) is 14.4 Å². The van der Waals surface area contributed by atoms with Crippen LogP contribution in [0.2, 0.25) is 0 Å². The summed E-state index contributed by atoms with van der Waals surface area (Å²) in [5.74, 6) is -0.307. The molecule has 2 heterocycles. The summed E-state index contributed by atoms with van der Waals surface area (Å²) in [6.45, 7) is 0.459. The molecular weight excluding hydrogens is 404 g/mol. The predicted octanol–water partition coefficient (Wildman–Crippen LogP) is 2.78. The number of amides is 3. The van der Waals surface area contributed by atoms with Gasteiger partial charge in [0.15, 0.2) is 0 Å². The first-order valence-corrected chi connectivity index (χ1v) is 10.2. The van der Waals surface area contributed by atoms with Crippen molar-refractivity contribution in [1.82, 2.24) is 15.1 Å². The Labute approximate surface area is 176 Å². The van der Waals surface area contributed by atoms with E-state index in [2.05, 4.69) is 15.5 Å². The molecule has 0 aliphatic carbocycles. The van der Waals surface area contributed by atoms with E-state index in [4.69, 9.17) is 4.74 Å². The molecule has 1 aliphatic heterocycles. The van der Waals surface area contributed by atoms with Crippen molar-refractivity contribution in [2.45, 2.75) is 12.8 Å². The number of hydrogen-bond donors (Lipinski definition) is 1. The highest BCUT2D eigenvalue weighted by atomic mass is 32.1. The third-order valence-corrected chi connectivity index (χ3v) is 5.38. The van der Waals surface area contributed by atoms with Crippen molar-refractivity contribution in [1.29, 1.82) is 0 Å². The Bertz CT molecular complexity index is 1050. The molecule has 3 aromatic rings. The molecule has 0 bridgehead atoms. The zero-order chi connectivity index (χ0) is 20.9. The number of carbonyl (C=O) groups excluding carboxylic acids is 3. The number of hydrogen-bond acceptors (Lipinski definition) is 7. The molecule has 0 saturated heterocycles. The summed E-state index contributed by atoms with van der Waals surface area (Å²) < 4.78 is 5.62. The van der Waals surface area contributed by atoms with Crippen LogP contribution in [0.25, 0.3) is 0 Å². The van der Waals surface area contributed by atoms with E-state index >= 15 is 0 Å². The Kier molecular flexibility index (Phi) is 5.80. The quantitative estimate of drug-likeness (QED) is 0.560. The molecule has 1 aliphatic rings. The Morgan fingerprint density at radius 2 is 1.63 bits per heavy atom. The van der Waals surface area contributed by atoms with E-state index in [0.717, 1.165) is 15.7 Å². The van der Waals surface area contributed by atoms with Gasteiger partial charge in [-0.2, -0.15) is 0 Å². The highest BCUT2D eigenvalue weighted by molar-refractivity contribution is 7.15. The number of rotatable bonds is 8. The Morgan fingerprint density at radius 1 is 0.967 bits per heavy atom. The lowest BCUT2D eigenvalue weighted by Gasteiger charge is -2.12. The second kappa shape index (κ2) is 8.83. The smallest absolute Gasteiger partial charge is 0.261 e. The van der Waals surface area contributed by atoms with Crippen molar-refractivity contribution in [2.75, 3.05) is 18.5 Å². The lowest BCUT2D eigenvalue weighted by atomic mass is 10.1. The van der Waals surface area contributed by atoms with Gasteiger partial charge in [0.2, 0.25) is 11.0 Å². The number of nitrogens with zero attached hydrogens (tertiary/aromatic N) is 3. The maximum absolute atomic E-state index is 12.3. The minimum atomic E-state index is -0.375. The van der Waals surface area contributed by atoms with Crippen LogP contribution in [0.5, 0.6) is 5.75 Å². The molecular formula is C21H18N4O4S. The van der Waals surface area contributed by atoms with Crippen molar-refractivity contribution in [3.05, 3.63) is 70.7 Å². The highest BCUT2D eigenvalue weighted by Crippen LogP contribution is 2.23. The Balaban J connectivity index is 1.24. The molecule has 3 amide bonds. The van der Waals surface area contributed by atoms with Gasteiger partial charge in [-0.05, 0) is 24.3 Å². The topological polar surface area (TPSA) is 101 Å². The van der Waals surface area contributed by atoms with Crippen LogP contribution in [-0.2, 0) is 11.2 Å². The van der Waals surface area contributed by atoms with Gasteiger partial charge in [0.25, 0.3) is 11.8 Å². The van der Waals surface area contributed by atoms with Crippen LogP contribution in [0.1, 0.15) is 32.1 Å². The fraction of sp³-hybridized carbons (Fsp3) is 0.190. The first-order valence-electron chi connectivity index (χ1n) is 9.37. The highest BCUT2D eigenvalue weighted by Gasteiger charge is 2.34. The third kappa shape index (κ3) is 4.36. The van der Waals surface area contributed by atoms with Crippen LogP contribution in [0.15, 0.2) is 54.6 Å². The fourth-order valence-corrected chi connectivity index (χ4v) is 3.75. The van der Waals surface area contributed by atoms with Crippen molar-refractivity contribution in [2.24, 2.45) is 0 Å². The van der Waals surface area contributed by atoms with Crippen molar-refractivity contribution in [3.63, 3.8) is 0 Å². The zero-order valence-corrected chi connectivity index (χ0v) is 16.7. The number of ether oxygens (including phenoxy) is 1. The van der Waals surface area contributed by atoms with Gasteiger partial charge in [-0.3, -0.25) is 19.3 Å². The Hall–Kier alpha value is -3.59. The van der Waals surface area contributed by atoms with Crippen LogP contribution in [0, 0.1) is 0 Å². The van der Waals surface area contributed by atoms with Gasteiger partial charge in [-0.25, -0.2) is 0 Å². The second-order valence-corrected chi connectivity index (χ2v) is 7.58. The largest absolute Gasteiger partial charge is 0.493 e. The Morgan fingerprint density at radius 3 is 2.33 bits per heavy atom. The standard InChI is InChI=1S/C21H18N4O4S/c26-17(10-12-25-19(27)15-8-4-5-9-16(15)20(25)28)22-21-24-23-18(30-21)11-13-29-14-6-2-1-3-7-14/h1-9H,10-13H2,(H,22,24,26). The molecule has 2 aromatic carbocycles. The minimum Gasteiger partial charge on any atom is -0.493 e. The van der Waals surface area contributed by atoms with Gasteiger partial charge < -0.3 is 10.1 Å². The van der Waals surface area contributed by atoms with Crippen LogP contribution < -0.4 is 10.1 Å². The number of imide groups is 1. The number of nitrogens with one attached hydrogen (secondary N) is 1. The minimum absolute atomic E-state index is 0.00869. The molecule has 1 N–H and O–H groups in total. The van der Waals surface area contributed by atoms with Crippen molar-refractivity contribution >= 4 is 34.2 Å².